The van der Waals surface area contributed by atoms with Crippen molar-refractivity contribution in [2.75, 3.05) is 0 Å². The van der Waals surface area contributed by atoms with Crippen LogP contribution in [0.1, 0.15) is 59.2 Å². The second kappa shape index (κ2) is 10.3. The lowest BCUT2D eigenvalue weighted by atomic mass is 9.93. The van der Waals surface area contributed by atoms with Crippen LogP contribution in [-0.4, -0.2) is 16.8 Å². The number of amides is 1. The zero-order valence-corrected chi connectivity index (χ0v) is 18.3. The third kappa shape index (κ3) is 5.55. The Morgan fingerprint density at radius 2 is 1.58 bits per heavy atom. The van der Waals surface area contributed by atoms with Crippen LogP contribution < -0.4 is 4.74 Å². The summed E-state index contributed by atoms with van der Waals surface area (Å²) in [6.07, 6.45) is 5.83. The number of carbonyl (C=O) groups excluding carboxylic acids is 1. The van der Waals surface area contributed by atoms with Gasteiger partial charge in [0.15, 0.2) is 0 Å². The van der Waals surface area contributed by atoms with Crippen molar-refractivity contribution in [1.82, 2.24) is 4.90 Å². The Balaban J connectivity index is 1.52. The maximum atomic E-state index is 13.6. The molecule has 3 aromatic rings. The van der Waals surface area contributed by atoms with E-state index in [0.717, 1.165) is 40.8 Å². The lowest BCUT2D eigenvalue weighted by Crippen LogP contribution is -2.41. The molecule has 0 heterocycles. The Morgan fingerprint density at radius 3 is 2.35 bits per heavy atom. The molecule has 0 atom stereocenters. The summed E-state index contributed by atoms with van der Waals surface area (Å²) in [5.74, 6) is 0.980. The highest BCUT2D eigenvalue weighted by Gasteiger charge is 2.27. The van der Waals surface area contributed by atoms with Crippen LogP contribution in [-0.2, 0) is 13.2 Å². The highest BCUT2D eigenvalue weighted by atomic mass is 16.5. The molecular formula is C28H31NO2. The molecule has 0 radical (unpaired) electrons. The predicted octanol–water partition coefficient (Wildman–Crippen LogP) is 6.55. The minimum absolute atomic E-state index is 0.139. The number of ether oxygens (including phenoxy) is 1. The topological polar surface area (TPSA) is 29.5 Å². The molecule has 0 saturated heterocycles. The first-order valence-corrected chi connectivity index (χ1v) is 11.3. The van der Waals surface area contributed by atoms with Crippen LogP contribution in [0.5, 0.6) is 5.75 Å². The lowest BCUT2D eigenvalue weighted by molar-refractivity contribution is 0.0613. The molecule has 1 aliphatic rings. The van der Waals surface area contributed by atoms with Crippen LogP contribution in [0.4, 0.5) is 0 Å². The standard InChI is InChI=1S/C28H31NO2/c1-22-11-8-9-18-27(22)28(30)29(25-15-6-3-7-16-25)20-24-14-10-17-26(19-24)31-21-23-12-4-2-5-13-23/h2,4-5,8-14,17-19,25H,3,6-7,15-16,20-21H2,1H3. The van der Waals surface area contributed by atoms with E-state index in [4.69, 9.17) is 4.74 Å². The van der Waals surface area contributed by atoms with Crippen LogP contribution in [0.15, 0.2) is 78.9 Å². The summed E-state index contributed by atoms with van der Waals surface area (Å²) >= 11 is 0. The average Bonchev–Trinajstić information content (AvgIpc) is 2.83. The fourth-order valence-electron chi connectivity index (χ4n) is 4.40. The summed E-state index contributed by atoms with van der Waals surface area (Å²) in [6.45, 7) is 3.17. The van der Waals surface area contributed by atoms with E-state index in [1.54, 1.807) is 0 Å². The summed E-state index contributed by atoms with van der Waals surface area (Å²) in [7, 11) is 0. The Hall–Kier alpha value is -3.07. The number of aryl methyl sites for hydroxylation is 1. The van der Waals surface area contributed by atoms with E-state index >= 15 is 0 Å². The van der Waals surface area contributed by atoms with Gasteiger partial charge >= 0.3 is 0 Å². The molecule has 1 aliphatic carbocycles. The molecule has 1 fully saturated rings. The molecule has 0 unspecified atom stereocenters. The molecule has 0 aromatic heterocycles. The molecule has 4 rings (SSSR count). The van der Waals surface area contributed by atoms with Gasteiger partial charge in [-0.15, -0.1) is 0 Å². The van der Waals surface area contributed by atoms with Crippen molar-refractivity contribution < 1.29 is 9.53 Å². The molecule has 160 valence electrons. The Bertz CT molecular complexity index is 993. The zero-order valence-electron chi connectivity index (χ0n) is 18.3. The molecule has 3 aromatic carbocycles. The summed E-state index contributed by atoms with van der Waals surface area (Å²) in [4.78, 5) is 15.7. The third-order valence-electron chi connectivity index (χ3n) is 6.15. The van der Waals surface area contributed by atoms with Crippen LogP contribution in [0, 0.1) is 6.92 Å². The van der Waals surface area contributed by atoms with Gasteiger partial charge < -0.3 is 9.64 Å². The monoisotopic (exact) mass is 413 g/mol. The molecule has 1 amide bonds. The number of hydrogen-bond donors (Lipinski definition) is 0. The van der Waals surface area contributed by atoms with Crippen molar-refractivity contribution >= 4 is 5.91 Å². The van der Waals surface area contributed by atoms with Gasteiger partial charge in [0.05, 0.1) is 0 Å². The van der Waals surface area contributed by atoms with E-state index in [-0.39, 0.29) is 5.91 Å². The largest absolute Gasteiger partial charge is 0.489 e. The zero-order chi connectivity index (χ0) is 21.5. The van der Waals surface area contributed by atoms with E-state index in [9.17, 15) is 4.79 Å². The van der Waals surface area contributed by atoms with Crippen LogP contribution in [0.3, 0.4) is 0 Å². The maximum Gasteiger partial charge on any atom is 0.254 e. The molecule has 0 bridgehead atoms. The molecule has 0 spiro atoms. The first-order valence-electron chi connectivity index (χ1n) is 11.3. The Kier molecular flexibility index (Phi) is 7.03. The predicted molar refractivity (Wildman–Crippen MR) is 125 cm³/mol. The van der Waals surface area contributed by atoms with Gasteiger partial charge in [0.25, 0.3) is 5.91 Å². The highest BCUT2D eigenvalue weighted by Crippen LogP contribution is 2.27. The van der Waals surface area contributed by atoms with Gasteiger partial charge in [0.2, 0.25) is 0 Å². The summed E-state index contributed by atoms with van der Waals surface area (Å²) in [6, 6.07) is 26.6. The van der Waals surface area contributed by atoms with Crippen molar-refractivity contribution in [3.8, 4) is 5.75 Å². The van der Waals surface area contributed by atoms with E-state index < -0.39 is 0 Å². The highest BCUT2D eigenvalue weighted by molar-refractivity contribution is 5.95. The number of nitrogens with zero attached hydrogens (tertiary/aromatic N) is 1. The minimum atomic E-state index is 0.139. The fourth-order valence-corrected chi connectivity index (χ4v) is 4.40. The summed E-state index contributed by atoms with van der Waals surface area (Å²) < 4.78 is 6.02. The van der Waals surface area contributed by atoms with Gasteiger partial charge in [0.1, 0.15) is 12.4 Å². The molecule has 0 N–H and O–H groups in total. The van der Waals surface area contributed by atoms with Gasteiger partial charge in [-0.2, -0.15) is 0 Å². The molecular weight excluding hydrogens is 382 g/mol. The Morgan fingerprint density at radius 1 is 0.871 bits per heavy atom. The van der Waals surface area contributed by atoms with Gasteiger partial charge in [0, 0.05) is 18.2 Å². The number of hydrogen-bond acceptors (Lipinski definition) is 2. The molecule has 31 heavy (non-hydrogen) atoms. The smallest absolute Gasteiger partial charge is 0.254 e. The molecule has 0 aliphatic heterocycles. The van der Waals surface area contributed by atoms with Gasteiger partial charge in [-0.25, -0.2) is 0 Å². The first kappa shape index (κ1) is 21.2. The van der Waals surface area contributed by atoms with Crippen molar-refractivity contribution in [3.63, 3.8) is 0 Å². The minimum Gasteiger partial charge on any atom is -0.489 e. The van der Waals surface area contributed by atoms with E-state index in [2.05, 4.69) is 29.2 Å². The summed E-state index contributed by atoms with van der Waals surface area (Å²) in [5.41, 5.74) is 4.10. The maximum absolute atomic E-state index is 13.6. The quantitative estimate of drug-likeness (QED) is 0.439. The number of benzene rings is 3. The SMILES string of the molecule is Cc1ccccc1C(=O)N(Cc1cccc(OCc2ccccc2)c1)C1CCCCC1. The molecule has 3 nitrogen and oxygen atoms in total. The molecule has 3 heteroatoms. The fraction of sp³-hybridized carbons (Fsp3) is 0.321. The van der Waals surface area contributed by atoms with Gasteiger partial charge in [-0.1, -0.05) is 79.9 Å². The van der Waals surface area contributed by atoms with E-state index in [0.29, 0.717) is 19.2 Å². The molecule has 1 saturated carbocycles. The van der Waals surface area contributed by atoms with E-state index in [1.165, 1.54) is 19.3 Å². The van der Waals surface area contributed by atoms with Crippen molar-refractivity contribution in [1.29, 1.82) is 0 Å². The average molecular weight is 414 g/mol. The van der Waals surface area contributed by atoms with Crippen molar-refractivity contribution in [3.05, 3.63) is 101 Å². The van der Waals surface area contributed by atoms with Crippen LogP contribution in [0.25, 0.3) is 0 Å². The first-order chi connectivity index (χ1) is 15.2. The lowest BCUT2D eigenvalue weighted by Gasteiger charge is -2.35. The van der Waals surface area contributed by atoms with Crippen LogP contribution in [0.2, 0.25) is 0 Å². The number of rotatable bonds is 7. The normalized spacial score (nSPS) is 14.2. The van der Waals surface area contributed by atoms with Crippen molar-refractivity contribution in [2.24, 2.45) is 0 Å². The Labute approximate surface area is 185 Å². The van der Waals surface area contributed by atoms with Crippen molar-refractivity contribution in [2.45, 2.75) is 58.2 Å². The van der Waals surface area contributed by atoms with Gasteiger partial charge in [-0.3, -0.25) is 4.79 Å². The second-order valence-electron chi connectivity index (χ2n) is 8.46. The van der Waals surface area contributed by atoms with E-state index in [1.807, 2.05) is 61.5 Å². The third-order valence-corrected chi connectivity index (χ3v) is 6.15. The van der Waals surface area contributed by atoms with Gasteiger partial charge in [-0.05, 0) is 54.7 Å². The number of carbonyl (C=O) groups is 1. The van der Waals surface area contributed by atoms with Crippen LogP contribution >= 0.6 is 0 Å². The second-order valence-corrected chi connectivity index (χ2v) is 8.46. The summed E-state index contributed by atoms with van der Waals surface area (Å²) in [5, 5.41) is 0.